The number of nitrogens with zero attached hydrogens (tertiary/aromatic N) is 2. The second kappa shape index (κ2) is 5.98. The highest BCUT2D eigenvalue weighted by atomic mass is 79.9. The van der Waals surface area contributed by atoms with Crippen molar-refractivity contribution in [2.24, 2.45) is 0 Å². The minimum Gasteiger partial charge on any atom is -0.377 e. The monoisotopic (exact) mass is 321 g/mol. The van der Waals surface area contributed by atoms with Gasteiger partial charge >= 0.3 is 0 Å². The highest BCUT2D eigenvalue weighted by Gasteiger charge is 2.04. The van der Waals surface area contributed by atoms with Crippen LogP contribution in [0.2, 0.25) is 0 Å². The fraction of sp³-hybridized carbons (Fsp3) is 0.231. The summed E-state index contributed by atoms with van der Waals surface area (Å²) < 4.78 is 0.956. The van der Waals surface area contributed by atoms with E-state index in [1.165, 1.54) is 4.88 Å². The topological polar surface area (TPSA) is 48.7 Å². The van der Waals surface area contributed by atoms with Gasteiger partial charge in [0, 0.05) is 15.5 Å². The maximum atomic E-state index is 9.03. The summed E-state index contributed by atoms with van der Waals surface area (Å²) in [7, 11) is 0. The zero-order chi connectivity index (χ0) is 13.0. The summed E-state index contributed by atoms with van der Waals surface area (Å²) >= 11 is 5.11. The first-order chi connectivity index (χ1) is 8.72. The van der Waals surface area contributed by atoms with Crippen molar-refractivity contribution in [1.29, 1.82) is 5.26 Å². The molecule has 1 N–H and O–H groups in total. The molecular weight excluding hydrogens is 310 g/mol. The zero-order valence-electron chi connectivity index (χ0n) is 9.90. The molecule has 0 aliphatic rings. The van der Waals surface area contributed by atoms with Gasteiger partial charge in [0.05, 0.1) is 17.8 Å². The van der Waals surface area contributed by atoms with E-state index in [1.807, 2.05) is 18.3 Å². The van der Waals surface area contributed by atoms with Crippen LogP contribution in [0.5, 0.6) is 0 Å². The fourth-order valence-electron chi connectivity index (χ4n) is 1.52. The number of aromatic nitrogens is 1. The van der Waals surface area contributed by atoms with E-state index in [9.17, 15) is 0 Å². The molecule has 92 valence electrons. The molecule has 0 amide bonds. The molecule has 0 spiro atoms. The first-order valence-electron chi connectivity index (χ1n) is 5.60. The number of benzene rings is 1. The van der Waals surface area contributed by atoms with Gasteiger partial charge < -0.3 is 5.32 Å². The van der Waals surface area contributed by atoms with Crippen molar-refractivity contribution in [3.63, 3.8) is 0 Å². The van der Waals surface area contributed by atoms with E-state index in [2.05, 4.69) is 39.2 Å². The van der Waals surface area contributed by atoms with Crippen LogP contribution in [0.3, 0.4) is 0 Å². The molecule has 1 aromatic carbocycles. The number of nitriles is 1. The zero-order valence-corrected chi connectivity index (χ0v) is 12.3. The number of nitrogens with one attached hydrogen (secondary N) is 1. The van der Waals surface area contributed by atoms with Crippen molar-refractivity contribution in [3.05, 3.63) is 44.3 Å². The Labute approximate surface area is 119 Å². The van der Waals surface area contributed by atoms with Crippen LogP contribution in [-0.4, -0.2) is 4.98 Å². The first kappa shape index (κ1) is 13.1. The minimum atomic E-state index is 0.644. The van der Waals surface area contributed by atoms with Crippen LogP contribution < -0.4 is 5.32 Å². The van der Waals surface area contributed by atoms with E-state index < -0.39 is 0 Å². The van der Waals surface area contributed by atoms with Crippen molar-refractivity contribution < 1.29 is 0 Å². The van der Waals surface area contributed by atoms with Crippen LogP contribution >= 0.6 is 27.3 Å². The number of thiazole rings is 1. The van der Waals surface area contributed by atoms with E-state index >= 15 is 0 Å². The molecule has 2 rings (SSSR count). The quantitative estimate of drug-likeness (QED) is 0.927. The number of rotatable bonds is 4. The highest BCUT2D eigenvalue weighted by molar-refractivity contribution is 9.10. The summed E-state index contributed by atoms with van der Waals surface area (Å²) in [6.45, 7) is 2.77. The fourth-order valence-corrected chi connectivity index (χ4v) is 2.69. The summed E-state index contributed by atoms with van der Waals surface area (Å²) in [4.78, 5) is 5.62. The van der Waals surface area contributed by atoms with Crippen molar-refractivity contribution in [2.45, 2.75) is 19.9 Å². The summed E-state index contributed by atoms with van der Waals surface area (Å²) in [6.07, 6.45) is 2.92. The predicted octanol–water partition coefficient (Wildman–Crippen LogP) is 3.95. The molecule has 0 fully saturated rings. The van der Waals surface area contributed by atoms with Gasteiger partial charge in [-0.2, -0.15) is 5.26 Å². The van der Waals surface area contributed by atoms with E-state index in [0.29, 0.717) is 12.1 Å². The molecule has 0 aliphatic heterocycles. The van der Waals surface area contributed by atoms with Gasteiger partial charge in [-0.15, -0.1) is 11.3 Å². The average molecular weight is 322 g/mol. The van der Waals surface area contributed by atoms with Crippen LogP contribution in [-0.2, 0) is 13.0 Å². The molecule has 0 radical (unpaired) electrons. The number of hydrogen-bond acceptors (Lipinski definition) is 4. The van der Waals surface area contributed by atoms with Gasteiger partial charge in [-0.3, -0.25) is 0 Å². The highest BCUT2D eigenvalue weighted by Crippen LogP contribution is 2.22. The Kier molecular flexibility index (Phi) is 4.34. The number of hydrogen-bond donors (Lipinski definition) is 1. The van der Waals surface area contributed by atoms with Crippen molar-refractivity contribution in [1.82, 2.24) is 4.98 Å². The predicted molar refractivity (Wildman–Crippen MR) is 77.7 cm³/mol. The van der Waals surface area contributed by atoms with E-state index in [0.717, 1.165) is 21.6 Å². The lowest BCUT2D eigenvalue weighted by atomic mass is 10.2. The Morgan fingerprint density at radius 1 is 1.50 bits per heavy atom. The maximum Gasteiger partial charge on any atom is 0.112 e. The lowest BCUT2D eigenvalue weighted by Gasteiger charge is -2.06. The first-order valence-corrected chi connectivity index (χ1v) is 7.21. The number of aryl methyl sites for hydroxylation is 1. The van der Waals surface area contributed by atoms with Gasteiger partial charge in [0.15, 0.2) is 0 Å². The third kappa shape index (κ3) is 3.09. The maximum absolute atomic E-state index is 9.03. The Balaban J connectivity index is 2.10. The second-order valence-corrected chi connectivity index (χ2v) is 5.84. The summed E-state index contributed by atoms with van der Waals surface area (Å²) in [6, 6.07) is 7.75. The van der Waals surface area contributed by atoms with Crippen molar-refractivity contribution in [3.8, 4) is 6.07 Å². The molecule has 0 atom stereocenters. The van der Waals surface area contributed by atoms with Gasteiger partial charge in [-0.25, -0.2) is 4.98 Å². The van der Waals surface area contributed by atoms with Crippen LogP contribution in [0.1, 0.15) is 22.4 Å². The molecule has 3 nitrogen and oxygen atoms in total. The smallest absolute Gasteiger partial charge is 0.112 e. The Morgan fingerprint density at radius 2 is 2.33 bits per heavy atom. The second-order valence-electron chi connectivity index (χ2n) is 3.73. The molecule has 0 bridgehead atoms. The summed E-state index contributed by atoms with van der Waals surface area (Å²) in [5.41, 5.74) is 1.48. The molecule has 0 aliphatic carbocycles. The normalized spacial score (nSPS) is 10.1. The minimum absolute atomic E-state index is 0.644. The largest absolute Gasteiger partial charge is 0.377 e. The van der Waals surface area contributed by atoms with Crippen LogP contribution in [0.4, 0.5) is 5.69 Å². The molecule has 0 unspecified atom stereocenters. The lowest BCUT2D eigenvalue weighted by molar-refractivity contribution is 1.09. The Morgan fingerprint density at radius 3 is 3.00 bits per heavy atom. The van der Waals surface area contributed by atoms with Crippen molar-refractivity contribution >= 4 is 33.0 Å². The van der Waals surface area contributed by atoms with Gasteiger partial charge in [0.2, 0.25) is 0 Å². The summed E-state index contributed by atoms with van der Waals surface area (Å²) in [5, 5.41) is 13.3. The molecule has 18 heavy (non-hydrogen) atoms. The molecule has 5 heteroatoms. The third-order valence-electron chi connectivity index (χ3n) is 2.48. The number of halogens is 1. The average Bonchev–Trinajstić information content (AvgIpc) is 2.84. The Bertz CT molecular complexity index is 586. The molecule has 1 heterocycles. The van der Waals surface area contributed by atoms with Crippen LogP contribution in [0.25, 0.3) is 0 Å². The van der Waals surface area contributed by atoms with Crippen LogP contribution in [0, 0.1) is 11.3 Å². The van der Waals surface area contributed by atoms with E-state index in [1.54, 1.807) is 17.4 Å². The van der Waals surface area contributed by atoms with Gasteiger partial charge in [-0.1, -0.05) is 22.9 Å². The lowest BCUT2D eigenvalue weighted by Crippen LogP contribution is -2.00. The molecule has 2 aromatic rings. The van der Waals surface area contributed by atoms with Crippen LogP contribution in [0.15, 0.2) is 28.9 Å². The molecule has 0 saturated carbocycles. The van der Waals surface area contributed by atoms with Crippen molar-refractivity contribution in [2.75, 3.05) is 5.32 Å². The van der Waals surface area contributed by atoms with E-state index in [4.69, 9.17) is 5.26 Å². The molecule has 0 saturated heterocycles. The van der Waals surface area contributed by atoms with Gasteiger partial charge in [-0.05, 0) is 24.6 Å². The Hall–Kier alpha value is -1.38. The number of anilines is 1. The standard InChI is InChI=1S/C13H12BrN3S/c1-2-11-7-17-13(18-11)8-16-12-5-10(14)4-3-9(12)6-15/h3-5,7,16H,2,8H2,1H3. The summed E-state index contributed by atoms with van der Waals surface area (Å²) in [5.74, 6) is 0. The van der Waals surface area contributed by atoms with E-state index in [-0.39, 0.29) is 0 Å². The SMILES string of the molecule is CCc1cnc(CNc2cc(Br)ccc2C#N)s1. The molecular formula is C13H12BrN3S. The third-order valence-corrected chi connectivity index (χ3v) is 4.12. The molecule has 1 aromatic heterocycles. The van der Waals surface area contributed by atoms with Gasteiger partial charge in [0.1, 0.15) is 11.1 Å². The van der Waals surface area contributed by atoms with Gasteiger partial charge in [0.25, 0.3) is 0 Å².